The Kier molecular flexibility index (Phi) is 5.18. The summed E-state index contributed by atoms with van der Waals surface area (Å²) in [4.78, 5) is 11.5. The number of hydrogen-bond acceptors (Lipinski definition) is 4. The summed E-state index contributed by atoms with van der Waals surface area (Å²) in [5.74, 6) is -0.498. The fourth-order valence-electron chi connectivity index (χ4n) is 2.10. The van der Waals surface area contributed by atoms with Gasteiger partial charge in [0, 0.05) is 13.6 Å². The van der Waals surface area contributed by atoms with Gasteiger partial charge in [-0.1, -0.05) is 29.8 Å². The zero-order chi connectivity index (χ0) is 17.0. The Hall–Kier alpha value is -2.18. The molecule has 0 aliphatic heterocycles. The number of carbonyl (C=O) groups excluding carboxylic acids is 1. The second-order valence-electron chi connectivity index (χ2n) is 5.26. The molecule has 2 aromatic carbocycles. The van der Waals surface area contributed by atoms with Crippen LogP contribution >= 0.6 is 0 Å². The highest BCUT2D eigenvalue weighted by molar-refractivity contribution is 7.89. The Labute approximate surface area is 136 Å². The van der Waals surface area contributed by atoms with Crippen LogP contribution in [0.3, 0.4) is 0 Å². The van der Waals surface area contributed by atoms with Crippen LogP contribution in [-0.4, -0.2) is 32.8 Å². The molecule has 0 aliphatic rings. The first-order valence-electron chi connectivity index (χ1n) is 7.05. The van der Waals surface area contributed by atoms with Crippen LogP contribution in [0.4, 0.5) is 0 Å². The lowest BCUT2D eigenvalue weighted by Gasteiger charge is -2.17. The number of hydrogen-bond donors (Lipinski definition) is 0. The summed E-state index contributed by atoms with van der Waals surface area (Å²) in [5.41, 5.74) is 2.35. The van der Waals surface area contributed by atoms with Gasteiger partial charge in [0.2, 0.25) is 10.0 Å². The van der Waals surface area contributed by atoms with Gasteiger partial charge in [-0.25, -0.2) is 13.2 Å². The number of esters is 1. The van der Waals surface area contributed by atoms with Gasteiger partial charge in [0.25, 0.3) is 0 Å². The van der Waals surface area contributed by atoms with E-state index < -0.39 is 16.0 Å². The Morgan fingerprint density at radius 2 is 1.61 bits per heavy atom. The number of methoxy groups -OCH3 is 1. The fourth-order valence-corrected chi connectivity index (χ4v) is 3.26. The van der Waals surface area contributed by atoms with Gasteiger partial charge in [-0.15, -0.1) is 0 Å². The van der Waals surface area contributed by atoms with E-state index in [0.717, 1.165) is 11.1 Å². The predicted octanol–water partition coefficient (Wildman–Crippen LogP) is 2.60. The molecule has 23 heavy (non-hydrogen) atoms. The molecule has 0 heterocycles. The van der Waals surface area contributed by atoms with E-state index in [9.17, 15) is 13.2 Å². The molecular formula is C17H19NO4S. The summed E-state index contributed by atoms with van der Waals surface area (Å²) >= 11 is 0. The molecule has 6 heteroatoms. The van der Waals surface area contributed by atoms with Crippen molar-refractivity contribution in [3.05, 3.63) is 65.2 Å². The molecule has 0 radical (unpaired) electrons. The molecule has 0 amide bonds. The summed E-state index contributed by atoms with van der Waals surface area (Å²) in [6.45, 7) is 2.26. The largest absolute Gasteiger partial charge is 0.465 e. The van der Waals surface area contributed by atoms with Gasteiger partial charge in [0.05, 0.1) is 17.6 Å². The molecule has 0 aliphatic carbocycles. The quantitative estimate of drug-likeness (QED) is 0.789. The van der Waals surface area contributed by atoms with Crippen molar-refractivity contribution in [3.63, 3.8) is 0 Å². The van der Waals surface area contributed by atoms with Crippen LogP contribution < -0.4 is 0 Å². The maximum atomic E-state index is 12.6. The van der Waals surface area contributed by atoms with Crippen LogP contribution in [0.2, 0.25) is 0 Å². The number of aryl methyl sites for hydroxylation is 1. The molecule has 122 valence electrons. The minimum atomic E-state index is -3.62. The Bertz CT molecular complexity index is 780. The molecule has 2 rings (SSSR count). The summed E-state index contributed by atoms with van der Waals surface area (Å²) in [7, 11) is -0.804. The van der Waals surface area contributed by atoms with Gasteiger partial charge in [-0.2, -0.15) is 4.31 Å². The van der Waals surface area contributed by atoms with Crippen LogP contribution in [0.25, 0.3) is 0 Å². The standard InChI is InChI=1S/C17H19NO4S/c1-13-4-6-14(7-5-13)12-18(2)23(20,21)16-10-8-15(9-11-16)17(19)22-3/h4-11H,12H2,1-3H3. The lowest BCUT2D eigenvalue weighted by atomic mass is 10.1. The second-order valence-corrected chi connectivity index (χ2v) is 7.31. The molecule has 0 unspecified atom stereocenters. The van der Waals surface area contributed by atoms with E-state index in [4.69, 9.17) is 0 Å². The Morgan fingerprint density at radius 1 is 1.04 bits per heavy atom. The van der Waals surface area contributed by atoms with E-state index in [2.05, 4.69) is 4.74 Å². The first-order chi connectivity index (χ1) is 10.8. The Morgan fingerprint density at radius 3 is 2.13 bits per heavy atom. The van der Waals surface area contributed by atoms with Gasteiger partial charge in [0.15, 0.2) is 0 Å². The average Bonchev–Trinajstić information content (AvgIpc) is 2.56. The lowest BCUT2D eigenvalue weighted by Crippen LogP contribution is -2.26. The maximum absolute atomic E-state index is 12.6. The van der Waals surface area contributed by atoms with Gasteiger partial charge >= 0.3 is 5.97 Å². The van der Waals surface area contributed by atoms with Crippen molar-refractivity contribution in [2.45, 2.75) is 18.4 Å². The van der Waals surface area contributed by atoms with Gasteiger partial charge in [0.1, 0.15) is 0 Å². The van der Waals surface area contributed by atoms with Crippen LogP contribution in [0.15, 0.2) is 53.4 Å². The smallest absolute Gasteiger partial charge is 0.337 e. The van der Waals surface area contributed by atoms with Crippen LogP contribution in [0, 0.1) is 6.92 Å². The van der Waals surface area contributed by atoms with Crippen molar-refractivity contribution in [2.75, 3.05) is 14.2 Å². The highest BCUT2D eigenvalue weighted by Gasteiger charge is 2.21. The summed E-state index contributed by atoms with van der Waals surface area (Å²) in [6.07, 6.45) is 0. The predicted molar refractivity (Wildman–Crippen MR) is 87.6 cm³/mol. The summed E-state index contributed by atoms with van der Waals surface area (Å²) in [6, 6.07) is 13.4. The van der Waals surface area contributed by atoms with Crippen molar-refractivity contribution >= 4 is 16.0 Å². The molecule has 2 aromatic rings. The van der Waals surface area contributed by atoms with Crippen molar-refractivity contribution in [1.29, 1.82) is 0 Å². The minimum absolute atomic E-state index is 0.139. The molecule has 0 aromatic heterocycles. The van der Waals surface area contributed by atoms with Crippen molar-refractivity contribution in [2.24, 2.45) is 0 Å². The number of ether oxygens (including phenoxy) is 1. The molecule has 0 N–H and O–H groups in total. The van der Waals surface area contributed by atoms with Crippen LogP contribution in [0.1, 0.15) is 21.5 Å². The van der Waals surface area contributed by atoms with Crippen molar-refractivity contribution in [1.82, 2.24) is 4.31 Å². The monoisotopic (exact) mass is 333 g/mol. The van der Waals surface area contributed by atoms with Gasteiger partial charge < -0.3 is 4.74 Å². The molecule has 0 fully saturated rings. The van der Waals surface area contributed by atoms with E-state index in [1.807, 2.05) is 31.2 Å². The number of nitrogens with zero attached hydrogens (tertiary/aromatic N) is 1. The number of carbonyl (C=O) groups is 1. The van der Waals surface area contributed by atoms with Crippen LogP contribution in [0.5, 0.6) is 0 Å². The lowest BCUT2D eigenvalue weighted by molar-refractivity contribution is 0.0600. The van der Waals surface area contributed by atoms with E-state index in [-0.39, 0.29) is 11.4 Å². The third kappa shape index (κ3) is 3.97. The normalized spacial score (nSPS) is 11.5. The zero-order valence-electron chi connectivity index (χ0n) is 13.3. The maximum Gasteiger partial charge on any atom is 0.337 e. The average molecular weight is 333 g/mol. The molecule has 0 bridgehead atoms. The highest BCUT2D eigenvalue weighted by atomic mass is 32.2. The zero-order valence-corrected chi connectivity index (χ0v) is 14.1. The Balaban J connectivity index is 2.19. The van der Waals surface area contributed by atoms with E-state index in [0.29, 0.717) is 5.56 Å². The third-order valence-electron chi connectivity index (χ3n) is 3.51. The van der Waals surface area contributed by atoms with Crippen molar-refractivity contribution < 1.29 is 17.9 Å². The SMILES string of the molecule is COC(=O)c1ccc(S(=O)(=O)N(C)Cc2ccc(C)cc2)cc1. The van der Waals surface area contributed by atoms with Gasteiger partial charge in [-0.05, 0) is 36.8 Å². The molecule has 0 atom stereocenters. The minimum Gasteiger partial charge on any atom is -0.465 e. The molecule has 0 saturated carbocycles. The number of rotatable bonds is 5. The first kappa shape index (κ1) is 17.2. The number of sulfonamides is 1. The molecule has 5 nitrogen and oxygen atoms in total. The molecule has 0 saturated heterocycles. The summed E-state index contributed by atoms with van der Waals surface area (Å²) < 4.78 is 31.0. The van der Waals surface area contributed by atoms with Crippen molar-refractivity contribution in [3.8, 4) is 0 Å². The highest BCUT2D eigenvalue weighted by Crippen LogP contribution is 2.18. The van der Waals surface area contributed by atoms with Gasteiger partial charge in [-0.3, -0.25) is 0 Å². The summed E-state index contributed by atoms with van der Waals surface area (Å²) in [5, 5.41) is 0. The molecular weight excluding hydrogens is 314 g/mol. The first-order valence-corrected chi connectivity index (χ1v) is 8.49. The van der Waals surface area contributed by atoms with E-state index in [1.165, 1.54) is 42.7 Å². The number of benzene rings is 2. The van der Waals surface area contributed by atoms with E-state index >= 15 is 0 Å². The third-order valence-corrected chi connectivity index (χ3v) is 5.33. The fraction of sp³-hybridized carbons (Fsp3) is 0.235. The second kappa shape index (κ2) is 6.93. The van der Waals surface area contributed by atoms with E-state index in [1.54, 1.807) is 0 Å². The topological polar surface area (TPSA) is 63.7 Å². The molecule has 0 spiro atoms. The van der Waals surface area contributed by atoms with Crippen LogP contribution in [-0.2, 0) is 21.3 Å².